The molecule has 1 amide bonds. The maximum Gasteiger partial charge on any atom is 0.271 e. The van der Waals surface area contributed by atoms with Crippen LogP contribution in [0.1, 0.15) is 58.0 Å². The van der Waals surface area contributed by atoms with E-state index in [4.69, 9.17) is 5.73 Å². The number of hydrogen-bond donors (Lipinski definition) is 2. The zero-order chi connectivity index (χ0) is 25.4. The Labute approximate surface area is 206 Å². The maximum absolute atomic E-state index is 14.9. The van der Waals surface area contributed by atoms with Crippen LogP contribution in [0, 0.1) is 5.92 Å². The van der Waals surface area contributed by atoms with E-state index in [2.05, 4.69) is 20.4 Å². The second-order valence-electron chi connectivity index (χ2n) is 9.49. The molecule has 188 valence electrons. The molecular formula is C25H27F2N7O2. The van der Waals surface area contributed by atoms with Gasteiger partial charge in [0.2, 0.25) is 0 Å². The lowest BCUT2D eigenvalue weighted by Crippen LogP contribution is -2.48. The third-order valence-electron chi connectivity index (χ3n) is 6.75. The number of hydrogen-bond acceptors (Lipinski definition) is 7. The Bertz CT molecular complexity index is 1290. The first-order valence-corrected chi connectivity index (χ1v) is 11.9. The second-order valence-corrected chi connectivity index (χ2v) is 9.49. The van der Waals surface area contributed by atoms with E-state index in [-0.39, 0.29) is 36.8 Å². The van der Waals surface area contributed by atoms with Crippen LogP contribution in [0.25, 0.3) is 0 Å². The average Bonchev–Trinajstić information content (AvgIpc) is 3.62. The predicted octanol–water partition coefficient (Wildman–Crippen LogP) is 3.66. The number of alkyl halides is 2. The number of anilines is 3. The monoisotopic (exact) mass is 495 g/mol. The largest absolute Gasteiger partial charge is 0.364 e. The molecule has 2 aromatic heterocycles. The molecule has 2 aliphatic rings. The molecule has 3 N–H and O–H groups in total. The van der Waals surface area contributed by atoms with Crippen molar-refractivity contribution in [2.75, 3.05) is 23.3 Å². The number of benzene rings is 1. The second kappa shape index (κ2) is 9.29. The van der Waals surface area contributed by atoms with Gasteiger partial charge in [0.15, 0.2) is 17.3 Å². The zero-order valence-electron chi connectivity index (χ0n) is 19.8. The summed E-state index contributed by atoms with van der Waals surface area (Å²) < 4.78 is 31.3. The highest BCUT2D eigenvalue weighted by Crippen LogP contribution is 2.40. The van der Waals surface area contributed by atoms with E-state index in [0.717, 1.165) is 12.8 Å². The molecule has 3 aromatic rings. The maximum atomic E-state index is 14.9. The highest BCUT2D eigenvalue weighted by Gasteiger charge is 2.45. The number of aromatic nitrogens is 4. The SMILES string of the molecule is Cn1cc(Nc2nc(N3CCC(F)(F)[C@@H](CC(=O)c4ccc(C5CC5)cc4)C3)cnc2C(N)=O)cn1. The molecule has 1 aliphatic carbocycles. The highest BCUT2D eigenvalue weighted by atomic mass is 19.3. The number of nitrogens with zero attached hydrogens (tertiary/aromatic N) is 5. The summed E-state index contributed by atoms with van der Waals surface area (Å²) in [6.07, 6.45) is 6.17. The molecule has 5 rings (SSSR count). The van der Waals surface area contributed by atoms with Gasteiger partial charge in [0.25, 0.3) is 11.8 Å². The van der Waals surface area contributed by atoms with Crippen LogP contribution in [0.3, 0.4) is 0 Å². The summed E-state index contributed by atoms with van der Waals surface area (Å²) in [4.78, 5) is 35.0. The van der Waals surface area contributed by atoms with E-state index >= 15 is 0 Å². The fraction of sp³-hybridized carbons (Fsp3) is 0.400. The molecular weight excluding hydrogens is 468 g/mol. The first-order chi connectivity index (χ1) is 17.2. The summed E-state index contributed by atoms with van der Waals surface area (Å²) in [6, 6.07) is 7.31. The number of nitrogens with one attached hydrogen (secondary N) is 1. The van der Waals surface area contributed by atoms with Crippen molar-refractivity contribution in [3.63, 3.8) is 0 Å². The van der Waals surface area contributed by atoms with Crippen LogP contribution < -0.4 is 16.0 Å². The Morgan fingerprint density at radius 1 is 1.19 bits per heavy atom. The molecule has 11 heteroatoms. The topological polar surface area (TPSA) is 119 Å². The van der Waals surface area contributed by atoms with E-state index in [0.29, 0.717) is 23.0 Å². The van der Waals surface area contributed by atoms with Crippen molar-refractivity contribution in [1.29, 1.82) is 0 Å². The molecule has 3 heterocycles. The van der Waals surface area contributed by atoms with Gasteiger partial charge in [-0.15, -0.1) is 0 Å². The Morgan fingerprint density at radius 3 is 2.58 bits per heavy atom. The standard InChI is InChI=1S/C25H27F2N7O2/c1-33-14-19(11-30-33)31-24-22(23(28)36)29-12-21(32-24)34-9-8-25(26,27)18(13-34)10-20(35)17-6-4-16(5-7-17)15-2-3-15/h4-7,11-12,14-15,18H,2-3,8-10,13H2,1H3,(H2,28,36)(H,31,32)/t18-/m0/s1. The lowest BCUT2D eigenvalue weighted by atomic mass is 9.87. The minimum atomic E-state index is -2.99. The van der Waals surface area contributed by atoms with Crippen LogP contribution >= 0.6 is 0 Å². The summed E-state index contributed by atoms with van der Waals surface area (Å²) >= 11 is 0. The van der Waals surface area contributed by atoms with Crippen LogP contribution in [0.5, 0.6) is 0 Å². The number of aryl methyl sites for hydroxylation is 1. The van der Waals surface area contributed by atoms with Gasteiger partial charge >= 0.3 is 0 Å². The summed E-state index contributed by atoms with van der Waals surface area (Å²) in [5.41, 5.74) is 7.57. The van der Waals surface area contributed by atoms with Crippen molar-refractivity contribution in [2.45, 2.75) is 37.5 Å². The molecule has 0 bridgehead atoms. The minimum Gasteiger partial charge on any atom is -0.364 e. The quantitative estimate of drug-likeness (QED) is 0.458. The summed E-state index contributed by atoms with van der Waals surface area (Å²) in [5, 5.41) is 7.02. The molecule has 0 unspecified atom stereocenters. The van der Waals surface area contributed by atoms with Gasteiger partial charge in [0.05, 0.1) is 18.1 Å². The van der Waals surface area contributed by atoms with Crippen LogP contribution in [-0.2, 0) is 7.05 Å². The van der Waals surface area contributed by atoms with Gasteiger partial charge in [-0.3, -0.25) is 14.3 Å². The number of primary amides is 1. The van der Waals surface area contributed by atoms with E-state index in [9.17, 15) is 18.4 Å². The molecule has 9 nitrogen and oxygen atoms in total. The van der Waals surface area contributed by atoms with E-state index < -0.39 is 24.2 Å². The number of rotatable bonds is 8. The Hall–Kier alpha value is -3.89. The van der Waals surface area contributed by atoms with Crippen molar-refractivity contribution in [1.82, 2.24) is 19.7 Å². The first-order valence-electron chi connectivity index (χ1n) is 11.9. The molecule has 1 saturated heterocycles. The minimum absolute atomic E-state index is 0.0324. The van der Waals surface area contributed by atoms with Gasteiger partial charge in [-0.25, -0.2) is 18.7 Å². The molecule has 0 radical (unpaired) electrons. The van der Waals surface area contributed by atoms with Crippen LogP contribution in [0.4, 0.5) is 26.1 Å². The number of Topliss-reactive ketones (excluding diaryl/α,β-unsaturated/α-hetero) is 1. The molecule has 36 heavy (non-hydrogen) atoms. The Morgan fingerprint density at radius 2 is 1.94 bits per heavy atom. The average molecular weight is 496 g/mol. The summed E-state index contributed by atoms with van der Waals surface area (Å²) in [7, 11) is 1.74. The molecule has 2 fully saturated rings. The number of carbonyl (C=O) groups excluding carboxylic acids is 2. The number of nitrogens with two attached hydrogens (primary N) is 1. The number of halogens is 2. The van der Waals surface area contributed by atoms with Crippen LogP contribution in [0.2, 0.25) is 0 Å². The number of ketones is 1. The summed E-state index contributed by atoms with van der Waals surface area (Å²) in [5.74, 6) is -4.28. The van der Waals surface area contributed by atoms with Crippen LogP contribution in [0.15, 0.2) is 42.9 Å². The smallest absolute Gasteiger partial charge is 0.271 e. The lowest BCUT2D eigenvalue weighted by molar-refractivity contribution is -0.0719. The van der Waals surface area contributed by atoms with Crippen molar-refractivity contribution in [2.24, 2.45) is 18.7 Å². The van der Waals surface area contributed by atoms with Gasteiger partial charge in [-0.1, -0.05) is 24.3 Å². The first kappa shape index (κ1) is 23.8. The van der Waals surface area contributed by atoms with Crippen molar-refractivity contribution >= 4 is 29.0 Å². The number of carbonyl (C=O) groups is 2. The van der Waals surface area contributed by atoms with Gasteiger partial charge in [0.1, 0.15) is 5.82 Å². The summed E-state index contributed by atoms with van der Waals surface area (Å²) in [6.45, 7) is -0.0411. The lowest BCUT2D eigenvalue weighted by Gasteiger charge is -2.38. The van der Waals surface area contributed by atoms with E-state index in [1.165, 1.54) is 11.8 Å². The molecule has 1 aliphatic heterocycles. The normalized spacial score (nSPS) is 19.2. The van der Waals surface area contributed by atoms with Crippen molar-refractivity contribution < 1.29 is 18.4 Å². The Balaban J connectivity index is 1.34. The molecule has 1 atom stereocenters. The van der Waals surface area contributed by atoms with Gasteiger partial charge in [0, 0.05) is 50.7 Å². The van der Waals surface area contributed by atoms with E-state index in [1.54, 1.807) is 41.2 Å². The molecule has 1 saturated carbocycles. The third-order valence-corrected chi connectivity index (χ3v) is 6.75. The molecule has 1 aromatic carbocycles. The van der Waals surface area contributed by atoms with Gasteiger partial charge in [-0.2, -0.15) is 5.10 Å². The number of piperidine rings is 1. The van der Waals surface area contributed by atoms with Gasteiger partial charge < -0.3 is 16.0 Å². The fourth-order valence-corrected chi connectivity index (χ4v) is 4.52. The number of amides is 1. The predicted molar refractivity (Wildman–Crippen MR) is 130 cm³/mol. The van der Waals surface area contributed by atoms with Crippen molar-refractivity contribution in [3.05, 3.63) is 59.7 Å². The molecule has 0 spiro atoms. The van der Waals surface area contributed by atoms with Crippen molar-refractivity contribution in [3.8, 4) is 0 Å². The highest BCUT2D eigenvalue weighted by molar-refractivity contribution is 5.97. The van der Waals surface area contributed by atoms with Gasteiger partial charge in [-0.05, 0) is 24.3 Å². The zero-order valence-corrected chi connectivity index (χ0v) is 19.8. The Kier molecular flexibility index (Phi) is 6.15. The fourth-order valence-electron chi connectivity index (χ4n) is 4.52. The third kappa shape index (κ3) is 5.05. The van der Waals surface area contributed by atoms with E-state index in [1.807, 2.05) is 12.1 Å². The van der Waals surface area contributed by atoms with Crippen LogP contribution in [-0.4, -0.2) is 50.5 Å².